The van der Waals surface area contributed by atoms with Crippen molar-refractivity contribution < 1.29 is 9.18 Å². The summed E-state index contributed by atoms with van der Waals surface area (Å²) in [4.78, 5) is 12.3. The van der Waals surface area contributed by atoms with Crippen LogP contribution in [-0.2, 0) is 0 Å². The van der Waals surface area contributed by atoms with Gasteiger partial charge in [0.25, 0.3) is 5.91 Å². The Morgan fingerprint density at radius 2 is 1.45 bits per heavy atom. The Hall–Kier alpha value is -1.38. The van der Waals surface area contributed by atoms with Crippen molar-refractivity contribution in [3.05, 3.63) is 35.6 Å². The van der Waals surface area contributed by atoms with E-state index in [4.69, 9.17) is 0 Å². The highest BCUT2D eigenvalue weighted by atomic mass is 19.1. The third-order valence-electron chi connectivity index (χ3n) is 4.53. The van der Waals surface area contributed by atoms with Gasteiger partial charge in [0.05, 0.1) is 0 Å². The van der Waals surface area contributed by atoms with Gasteiger partial charge in [-0.1, -0.05) is 63.9 Å². The minimum absolute atomic E-state index is 0.142. The Labute approximate surface area is 133 Å². The zero-order valence-electron chi connectivity index (χ0n) is 13.5. The van der Waals surface area contributed by atoms with Crippen molar-refractivity contribution in [2.24, 2.45) is 0 Å². The zero-order chi connectivity index (χ0) is 15.6. The lowest BCUT2D eigenvalue weighted by Gasteiger charge is -2.19. The minimum Gasteiger partial charge on any atom is -0.349 e. The summed E-state index contributed by atoms with van der Waals surface area (Å²) in [5.74, 6) is -0.497. The van der Waals surface area contributed by atoms with Crippen LogP contribution in [0.15, 0.2) is 24.3 Å². The molecule has 1 fully saturated rings. The van der Waals surface area contributed by atoms with Crippen molar-refractivity contribution in [3.8, 4) is 0 Å². The van der Waals surface area contributed by atoms with Gasteiger partial charge < -0.3 is 5.32 Å². The molecule has 0 bridgehead atoms. The quantitative estimate of drug-likeness (QED) is 0.796. The number of nitrogens with one attached hydrogen (secondary N) is 1. The highest BCUT2D eigenvalue weighted by Gasteiger charge is 2.14. The summed E-state index contributed by atoms with van der Waals surface area (Å²) in [5, 5.41) is 3.11. The van der Waals surface area contributed by atoms with Crippen LogP contribution in [0.5, 0.6) is 0 Å². The third-order valence-corrected chi connectivity index (χ3v) is 4.53. The largest absolute Gasteiger partial charge is 0.349 e. The SMILES string of the molecule is O=C(NC1CCCCCCCCCCC1)c1cccc(F)c1. The molecule has 22 heavy (non-hydrogen) atoms. The first kappa shape index (κ1) is 17.0. The van der Waals surface area contributed by atoms with E-state index < -0.39 is 0 Å². The summed E-state index contributed by atoms with van der Waals surface area (Å²) in [6.45, 7) is 0. The van der Waals surface area contributed by atoms with E-state index in [9.17, 15) is 9.18 Å². The molecule has 0 atom stereocenters. The van der Waals surface area contributed by atoms with Crippen molar-refractivity contribution in [1.82, 2.24) is 5.32 Å². The molecular weight excluding hydrogens is 277 g/mol. The molecule has 1 aliphatic carbocycles. The zero-order valence-corrected chi connectivity index (χ0v) is 13.5. The fourth-order valence-electron chi connectivity index (χ4n) is 3.21. The number of hydrogen-bond acceptors (Lipinski definition) is 1. The molecule has 0 aliphatic heterocycles. The van der Waals surface area contributed by atoms with Gasteiger partial charge in [0, 0.05) is 11.6 Å². The summed E-state index contributed by atoms with van der Waals surface area (Å²) < 4.78 is 13.2. The topological polar surface area (TPSA) is 29.1 Å². The second kappa shape index (κ2) is 9.60. The summed E-state index contributed by atoms with van der Waals surface area (Å²) in [6.07, 6.45) is 13.6. The van der Waals surface area contributed by atoms with Gasteiger partial charge >= 0.3 is 0 Å². The normalized spacial score (nSPS) is 19.0. The number of benzene rings is 1. The van der Waals surface area contributed by atoms with Crippen LogP contribution in [0, 0.1) is 5.82 Å². The Morgan fingerprint density at radius 3 is 2.00 bits per heavy atom. The standard InChI is InChI=1S/C19H28FNO/c20-17-12-10-11-16(15-17)19(22)21-18-13-8-6-4-2-1-3-5-7-9-14-18/h10-12,15,18H,1-9,13-14H2,(H,21,22). The average Bonchev–Trinajstić information content (AvgIpc) is 2.50. The Morgan fingerprint density at radius 1 is 0.909 bits per heavy atom. The molecule has 0 saturated heterocycles. The first-order valence-corrected chi connectivity index (χ1v) is 8.82. The van der Waals surface area contributed by atoms with E-state index in [0.717, 1.165) is 12.8 Å². The van der Waals surface area contributed by atoms with Crippen LogP contribution in [0.4, 0.5) is 4.39 Å². The van der Waals surface area contributed by atoms with Gasteiger partial charge in [-0.2, -0.15) is 0 Å². The summed E-state index contributed by atoms with van der Waals surface area (Å²) in [5.41, 5.74) is 0.422. The summed E-state index contributed by atoms with van der Waals surface area (Å²) in [6, 6.07) is 6.17. The molecule has 0 spiro atoms. The molecule has 3 heteroatoms. The fourth-order valence-corrected chi connectivity index (χ4v) is 3.21. The van der Waals surface area contributed by atoms with E-state index in [0.29, 0.717) is 5.56 Å². The summed E-state index contributed by atoms with van der Waals surface area (Å²) >= 11 is 0. The predicted octanol–water partition coefficient (Wildman–Crippen LogP) is 5.23. The first-order chi connectivity index (χ1) is 10.8. The first-order valence-electron chi connectivity index (χ1n) is 8.82. The maximum absolute atomic E-state index is 13.2. The van der Waals surface area contributed by atoms with E-state index >= 15 is 0 Å². The number of carbonyl (C=O) groups excluding carboxylic acids is 1. The van der Waals surface area contributed by atoms with Crippen LogP contribution < -0.4 is 5.32 Å². The molecule has 0 radical (unpaired) electrons. The van der Waals surface area contributed by atoms with Gasteiger partial charge in [0.15, 0.2) is 0 Å². The maximum atomic E-state index is 13.2. The molecule has 1 aliphatic rings. The Balaban J connectivity index is 1.87. The fraction of sp³-hybridized carbons (Fsp3) is 0.632. The van der Waals surface area contributed by atoms with Crippen LogP contribution in [0.1, 0.15) is 81.0 Å². The predicted molar refractivity (Wildman–Crippen MR) is 88.4 cm³/mol. The highest BCUT2D eigenvalue weighted by Crippen LogP contribution is 2.17. The number of carbonyl (C=O) groups is 1. The van der Waals surface area contributed by atoms with E-state index in [2.05, 4.69) is 5.32 Å². The molecular formula is C19H28FNO. The molecule has 0 unspecified atom stereocenters. The molecule has 1 aromatic rings. The minimum atomic E-state index is -0.355. The van der Waals surface area contributed by atoms with E-state index in [1.54, 1.807) is 12.1 Å². The number of halogens is 1. The lowest BCUT2D eigenvalue weighted by atomic mass is 9.97. The van der Waals surface area contributed by atoms with Crippen molar-refractivity contribution in [2.45, 2.75) is 76.7 Å². The van der Waals surface area contributed by atoms with Crippen molar-refractivity contribution in [2.75, 3.05) is 0 Å². The van der Waals surface area contributed by atoms with Gasteiger partial charge in [-0.25, -0.2) is 4.39 Å². The molecule has 122 valence electrons. The van der Waals surface area contributed by atoms with Gasteiger partial charge in [-0.05, 0) is 31.0 Å². The summed E-state index contributed by atoms with van der Waals surface area (Å²) in [7, 11) is 0. The van der Waals surface area contributed by atoms with E-state index in [1.807, 2.05) is 0 Å². The Bertz CT molecular complexity index is 449. The van der Waals surface area contributed by atoms with Crippen LogP contribution in [0.3, 0.4) is 0 Å². The van der Waals surface area contributed by atoms with Gasteiger partial charge in [0.2, 0.25) is 0 Å². The van der Waals surface area contributed by atoms with Crippen molar-refractivity contribution >= 4 is 5.91 Å². The van der Waals surface area contributed by atoms with Gasteiger partial charge in [-0.15, -0.1) is 0 Å². The lowest BCUT2D eigenvalue weighted by Crippen LogP contribution is -2.35. The van der Waals surface area contributed by atoms with Crippen LogP contribution >= 0.6 is 0 Å². The molecule has 1 aromatic carbocycles. The monoisotopic (exact) mass is 305 g/mol. The van der Waals surface area contributed by atoms with Crippen molar-refractivity contribution in [3.63, 3.8) is 0 Å². The van der Waals surface area contributed by atoms with Gasteiger partial charge in [-0.3, -0.25) is 4.79 Å². The smallest absolute Gasteiger partial charge is 0.251 e. The van der Waals surface area contributed by atoms with Gasteiger partial charge in [0.1, 0.15) is 5.82 Å². The Kier molecular flexibility index (Phi) is 7.41. The number of hydrogen-bond donors (Lipinski definition) is 1. The number of amides is 1. The molecule has 1 amide bonds. The van der Waals surface area contributed by atoms with E-state index in [-0.39, 0.29) is 17.8 Å². The lowest BCUT2D eigenvalue weighted by molar-refractivity contribution is 0.0931. The molecule has 1 N–H and O–H groups in total. The third kappa shape index (κ3) is 6.17. The number of rotatable bonds is 2. The molecule has 0 heterocycles. The second-order valence-electron chi connectivity index (χ2n) is 6.44. The molecule has 0 aromatic heterocycles. The van der Waals surface area contributed by atoms with Crippen LogP contribution in [-0.4, -0.2) is 11.9 Å². The second-order valence-corrected chi connectivity index (χ2v) is 6.44. The van der Waals surface area contributed by atoms with Crippen molar-refractivity contribution in [1.29, 1.82) is 0 Å². The highest BCUT2D eigenvalue weighted by molar-refractivity contribution is 5.94. The van der Waals surface area contributed by atoms with Crippen LogP contribution in [0.2, 0.25) is 0 Å². The molecule has 2 rings (SSSR count). The van der Waals surface area contributed by atoms with Crippen LogP contribution in [0.25, 0.3) is 0 Å². The van der Waals surface area contributed by atoms with E-state index in [1.165, 1.54) is 69.9 Å². The maximum Gasteiger partial charge on any atom is 0.251 e. The molecule has 1 saturated carbocycles. The molecule has 2 nitrogen and oxygen atoms in total. The average molecular weight is 305 g/mol.